The summed E-state index contributed by atoms with van der Waals surface area (Å²) >= 11 is 0. The number of nitrogens with one attached hydrogen (secondary N) is 2. The Balaban J connectivity index is 2.05. The fourth-order valence-electron chi connectivity index (χ4n) is 2.39. The van der Waals surface area contributed by atoms with E-state index >= 15 is 0 Å². The van der Waals surface area contributed by atoms with E-state index in [4.69, 9.17) is 0 Å². The topological polar surface area (TPSA) is 84.3 Å². The third-order valence-electron chi connectivity index (χ3n) is 3.75. The zero-order valence-corrected chi connectivity index (χ0v) is 14.7. The van der Waals surface area contributed by atoms with Crippen molar-refractivity contribution in [3.05, 3.63) is 69.0 Å². The van der Waals surface area contributed by atoms with Crippen LogP contribution in [-0.4, -0.2) is 17.5 Å². The lowest BCUT2D eigenvalue weighted by atomic mass is 10.0. The minimum absolute atomic E-state index is 0.00885. The number of alkyl halides is 6. The molecule has 13 heteroatoms. The Kier molecular flexibility index (Phi) is 6.53. The first-order valence-electron chi connectivity index (χ1n) is 8.04. The number of benzene rings is 2. The van der Waals surface area contributed by atoms with Crippen molar-refractivity contribution in [1.82, 2.24) is 5.32 Å². The molecule has 0 fully saturated rings. The second-order valence-corrected chi connectivity index (χ2v) is 5.97. The number of carbonyl (C=O) groups is 1. The van der Waals surface area contributed by atoms with Crippen LogP contribution in [0.5, 0.6) is 0 Å². The molecule has 0 saturated heterocycles. The summed E-state index contributed by atoms with van der Waals surface area (Å²) in [5.74, 6) is -1.13. The number of anilines is 1. The van der Waals surface area contributed by atoms with Crippen LogP contribution in [0.15, 0.2) is 36.4 Å². The van der Waals surface area contributed by atoms with Crippen LogP contribution >= 0.6 is 0 Å². The molecule has 0 radical (unpaired) electrons. The first-order valence-corrected chi connectivity index (χ1v) is 8.04. The van der Waals surface area contributed by atoms with Crippen molar-refractivity contribution in [1.29, 1.82) is 0 Å². The summed E-state index contributed by atoms with van der Waals surface area (Å²) in [7, 11) is 0. The predicted molar refractivity (Wildman–Crippen MR) is 90.2 cm³/mol. The Labute approximate surface area is 163 Å². The molecule has 162 valence electrons. The van der Waals surface area contributed by atoms with Crippen molar-refractivity contribution < 1.29 is 40.5 Å². The third-order valence-corrected chi connectivity index (χ3v) is 3.75. The minimum atomic E-state index is -4.99. The molecule has 0 heterocycles. The third kappa shape index (κ3) is 6.06. The summed E-state index contributed by atoms with van der Waals surface area (Å²) in [6.07, 6.45) is -10.3. The highest BCUT2D eigenvalue weighted by Gasteiger charge is 2.36. The average molecular weight is 439 g/mol. The van der Waals surface area contributed by atoms with Crippen molar-refractivity contribution in [3.8, 4) is 0 Å². The summed E-state index contributed by atoms with van der Waals surface area (Å²) < 4.78 is 90.2. The van der Waals surface area contributed by atoms with Gasteiger partial charge in [-0.3, -0.25) is 10.1 Å². The summed E-state index contributed by atoms with van der Waals surface area (Å²) in [4.78, 5) is 21.4. The van der Waals surface area contributed by atoms with E-state index in [1.54, 1.807) is 0 Å². The van der Waals surface area contributed by atoms with Crippen molar-refractivity contribution in [3.63, 3.8) is 0 Å². The molecule has 0 spiro atoms. The van der Waals surface area contributed by atoms with Crippen LogP contribution < -0.4 is 10.6 Å². The molecule has 0 aliphatic heterocycles. The fourth-order valence-corrected chi connectivity index (χ4v) is 2.39. The molecule has 2 aromatic rings. The normalized spacial score (nSPS) is 11.8. The number of rotatable bonds is 5. The number of hydrogen-bond acceptors (Lipinski definition) is 3. The number of urea groups is 1. The molecular formula is C17H12F7N3O3. The molecule has 30 heavy (non-hydrogen) atoms. The lowest BCUT2D eigenvalue weighted by Crippen LogP contribution is -2.30. The van der Waals surface area contributed by atoms with E-state index in [0.29, 0.717) is 12.1 Å². The number of amides is 2. The maximum Gasteiger partial charge on any atom is 0.416 e. The molecule has 0 atom stereocenters. The monoisotopic (exact) mass is 439 g/mol. The van der Waals surface area contributed by atoms with E-state index in [2.05, 4.69) is 10.6 Å². The second kappa shape index (κ2) is 8.55. The summed E-state index contributed by atoms with van der Waals surface area (Å²) in [6, 6.07) is 2.65. The molecule has 6 nitrogen and oxygen atoms in total. The van der Waals surface area contributed by atoms with Gasteiger partial charge in [-0.25, -0.2) is 4.79 Å². The SMILES string of the molecule is O=C(NCCc1cc(C(F)(F)F)cc(C(F)(F)F)c1)Nc1ccc(F)c([N+](=O)[O-])c1. The summed E-state index contributed by atoms with van der Waals surface area (Å²) in [5, 5.41) is 15.0. The lowest BCUT2D eigenvalue weighted by Gasteiger charge is -2.14. The second-order valence-electron chi connectivity index (χ2n) is 5.97. The molecule has 0 aromatic heterocycles. The highest BCUT2D eigenvalue weighted by atomic mass is 19.4. The van der Waals surface area contributed by atoms with Gasteiger partial charge in [-0.05, 0) is 42.3 Å². The van der Waals surface area contributed by atoms with Gasteiger partial charge >= 0.3 is 24.1 Å². The Morgan fingerprint density at radius 3 is 2.03 bits per heavy atom. The van der Waals surface area contributed by atoms with Crippen molar-refractivity contribution in [2.45, 2.75) is 18.8 Å². The number of nitro benzene ring substituents is 1. The van der Waals surface area contributed by atoms with E-state index in [9.17, 15) is 45.6 Å². The van der Waals surface area contributed by atoms with Gasteiger partial charge in [0.1, 0.15) is 0 Å². The first-order chi connectivity index (χ1) is 13.8. The van der Waals surface area contributed by atoms with Gasteiger partial charge in [0, 0.05) is 18.3 Å². The van der Waals surface area contributed by atoms with Gasteiger partial charge in [-0.2, -0.15) is 30.7 Å². The molecule has 0 bridgehead atoms. The average Bonchev–Trinajstić information content (AvgIpc) is 2.61. The Hall–Kier alpha value is -3.38. The zero-order valence-electron chi connectivity index (χ0n) is 14.7. The predicted octanol–water partition coefficient (Wildman–Crippen LogP) is 5.14. The van der Waals surface area contributed by atoms with Crippen LogP contribution in [0.1, 0.15) is 16.7 Å². The van der Waals surface area contributed by atoms with Gasteiger partial charge in [-0.1, -0.05) is 0 Å². The Bertz CT molecular complexity index is 926. The molecule has 2 aromatic carbocycles. The first kappa shape index (κ1) is 22.9. The minimum Gasteiger partial charge on any atom is -0.338 e. The molecule has 2 N–H and O–H groups in total. The van der Waals surface area contributed by atoms with Gasteiger partial charge in [-0.15, -0.1) is 0 Å². The summed E-state index contributed by atoms with van der Waals surface area (Å²) in [6.45, 7) is -0.340. The molecule has 0 aliphatic carbocycles. The van der Waals surface area contributed by atoms with Crippen LogP contribution in [0.2, 0.25) is 0 Å². The molecule has 0 unspecified atom stereocenters. The van der Waals surface area contributed by atoms with Crippen LogP contribution in [0, 0.1) is 15.9 Å². The number of halogens is 7. The zero-order chi connectivity index (χ0) is 22.7. The number of hydrogen-bond donors (Lipinski definition) is 2. The van der Waals surface area contributed by atoms with Crippen molar-refractivity contribution in [2.75, 3.05) is 11.9 Å². The number of nitrogens with zero attached hydrogens (tertiary/aromatic N) is 1. The maximum atomic E-state index is 13.3. The highest BCUT2D eigenvalue weighted by molar-refractivity contribution is 5.89. The van der Waals surface area contributed by atoms with E-state index in [-0.39, 0.29) is 30.3 Å². The van der Waals surface area contributed by atoms with Crippen LogP contribution in [0.25, 0.3) is 0 Å². The van der Waals surface area contributed by atoms with Gasteiger partial charge in [0.05, 0.1) is 16.1 Å². The van der Waals surface area contributed by atoms with Gasteiger partial charge in [0.2, 0.25) is 5.82 Å². The standard InChI is InChI=1S/C17H12F7N3O3/c18-13-2-1-12(8-14(13)27(29)30)26-15(28)25-4-3-9-5-10(16(19,20)21)7-11(6-9)17(22,23)24/h1-2,5-8H,3-4H2,(H2,25,26,28). The molecule has 0 aliphatic rings. The van der Waals surface area contributed by atoms with Crippen LogP contribution in [-0.2, 0) is 18.8 Å². The Morgan fingerprint density at radius 1 is 0.967 bits per heavy atom. The lowest BCUT2D eigenvalue weighted by molar-refractivity contribution is -0.387. The quantitative estimate of drug-likeness (QED) is 0.385. The van der Waals surface area contributed by atoms with Gasteiger partial charge in [0.15, 0.2) is 0 Å². The fraction of sp³-hybridized carbons (Fsp3) is 0.235. The van der Waals surface area contributed by atoms with E-state index in [1.807, 2.05) is 0 Å². The van der Waals surface area contributed by atoms with E-state index in [1.165, 1.54) is 0 Å². The summed E-state index contributed by atoms with van der Waals surface area (Å²) in [5.41, 5.74) is -4.30. The van der Waals surface area contributed by atoms with Crippen LogP contribution in [0.4, 0.5) is 46.9 Å². The van der Waals surface area contributed by atoms with Crippen molar-refractivity contribution >= 4 is 17.4 Å². The molecule has 2 rings (SSSR count). The van der Waals surface area contributed by atoms with Gasteiger partial charge < -0.3 is 10.6 Å². The van der Waals surface area contributed by atoms with Crippen molar-refractivity contribution in [2.24, 2.45) is 0 Å². The molecule has 0 saturated carbocycles. The number of carbonyl (C=O) groups excluding carboxylic acids is 1. The van der Waals surface area contributed by atoms with E-state index in [0.717, 1.165) is 18.2 Å². The largest absolute Gasteiger partial charge is 0.416 e. The molecule has 2 amide bonds. The van der Waals surface area contributed by atoms with Crippen LogP contribution in [0.3, 0.4) is 0 Å². The maximum absolute atomic E-state index is 13.3. The van der Waals surface area contributed by atoms with Gasteiger partial charge in [0.25, 0.3) is 0 Å². The highest BCUT2D eigenvalue weighted by Crippen LogP contribution is 2.36. The molecular weight excluding hydrogens is 427 g/mol. The number of nitro groups is 1. The Morgan fingerprint density at radius 2 is 1.53 bits per heavy atom. The smallest absolute Gasteiger partial charge is 0.338 e. The van der Waals surface area contributed by atoms with E-state index < -0.39 is 45.9 Å².